The average molecular weight is 771 g/mol. The van der Waals surface area contributed by atoms with Crippen molar-refractivity contribution in [2.24, 2.45) is 11.8 Å². The van der Waals surface area contributed by atoms with Crippen molar-refractivity contribution in [3.05, 3.63) is 78.6 Å². The van der Waals surface area contributed by atoms with Gasteiger partial charge in [-0.05, 0) is 59.7 Å². The summed E-state index contributed by atoms with van der Waals surface area (Å²) in [5.41, 5.74) is 6.15. The van der Waals surface area contributed by atoms with Crippen molar-refractivity contribution in [3.63, 3.8) is 0 Å². The Morgan fingerprint density at radius 3 is 2.26 bits per heavy atom. The van der Waals surface area contributed by atoms with E-state index >= 15 is 0 Å². The quantitative estimate of drug-likeness (QED) is 0.0779. The number of aliphatic hydroxyl groups is 1. The second-order valence-corrected chi connectivity index (χ2v) is 17.0. The fourth-order valence-corrected chi connectivity index (χ4v) is 10.5. The van der Waals surface area contributed by atoms with Gasteiger partial charge in [0.2, 0.25) is 0 Å². The summed E-state index contributed by atoms with van der Waals surface area (Å²) in [4.78, 5) is 19.4. The maximum Gasteiger partial charge on any atom is 0.162 e. The van der Waals surface area contributed by atoms with E-state index in [1.165, 1.54) is 43.1 Å². The zero-order valence-electron chi connectivity index (χ0n) is 25.4. The standard InChI is InChI=1S/C23H16NSSi.C13H24O2.Ir/c1-26(2)19-11-5-8-15-21(19)22-17(10-6-12-20(22)26)25-18-13-14-7-3-4-9-16(14)24-23(15)18;1-5-10(6-2)12(14)9-13(15)11(7-3)8-4;/h3-7,9-13H,1-2H3;9-11,14H,5-8H2,1-4H3;/q-1;;/b;12-9-;. The van der Waals surface area contributed by atoms with Crippen molar-refractivity contribution in [2.45, 2.75) is 76.3 Å². The summed E-state index contributed by atoms with van der Waals surface area (Å²) >= 11 is 1.86. The number of hydrogen-bond donors (Lipinski definition) is 1. The third-order valence-corrected chi connectivity index (χ3v) is 13.5. The molecule has 3 aromatic carbocycles. The van der Waals surface area contributed by atoms with E-state index in [1.54, 1.807) is 5.19 Å². The third kappa shape index (κ3) is 5.84. The summed E-state index contributed by atoms with van der Waals surface area (Å²) in [6.45, 7) is 13.0. The molecule has 2 aliphatic rings. The minimum Gasteiger partial charge on any atom is -0.512 e. The Labute approximate surface area is 269 Å². The van der Waals surface area contributed by atoms with Crippen LogP contribution in [0.4, 0.5) is 0 Å². The average Bonchev–Trinajstić information content (AvgIpc) is 3.12. The van der Waals surface area contributed by atoms with Crippen LogP contribution in [0, 0.1) is 17.9 Å². The van der Waals surface area contributed by atoms with Crippen molar-refractivity contribution in [1.82, 2.24) is 4.98 Å². The van der Waals surface area contributed by atoms with E-state index in [1.807, 2.05) is 39.5 Å². The Morgan fingerprint density at radius 1 is 0.905 bits per heavy atom. The summed E-state index contributed by atoms with van der Waals surface area (Å²) in [7, 11) is -1.66. The van der Waals surface area contributed by atoms with Gasteiger partial charge in [-0.3, -0.25) is 9.78 Å². The van der Waals surface area contributed by atoms with Crippen LogP contribution in [-0.4, -0.2) is 23.9 Å². The van der Waals surface area contributed by atoms with E-state index in [0.717, 1.165) is 36.9 Å². The minimum absolute atomic E-state index is 0. The van der Waals surface area contributed by atoms with Gasteiger partial charge < -0.3 is 5.11 Å². The van der Waals surface area contributed by atoms with Crippen LogP contribution in [0.1, 0.15) is 53.4 Å². The summed E-state index contributed by atoms with van der Waals surface area (Å²) in [6, 6.07) is 25.5. The molecule has 221 valence electrons. The predicted molar refractivity (Wildman–Crippen MR) is 176 cm³/mol. The van der Waals surface area contributed by atoms with Crippen LogP contribution in [0.2, 0.25) is 13.1 Å². The number of ketones is 1. The topological polar surface area (TPSA) is 50.2 Å². The van der Waals surface area contributed by atoms with Gasteiger partial charge in [0.05, 0.1) is 19.3 Å². The number of benzene rings is 3. The summed E-state index contributed by atoms with van der Waals surface area (Å²) in [6.07, 6.45) is 4.91. The van der Waals surface area contributed by atoms with E-state index in [4.69, 9.17) is 4.98 Å². The van der Waals surface area contributed by atoms with Crippen LogP contribution < -0.4 is 10.4 Å². The van der Waals surface area contributed by atoms with E-state index < -0.39 is 8.07 Å². The van der Waals surface area contributed by atoms with Gasteiger partial charge in [-0.15, -0.1) is 28.9 Å². The van der Waals surface area contributed by atoms with Gasteiger partial charge in [0.1, 0.15) is 0 Å². The summed E-state index contributed by atoms with van der Waals surface area (Å²) < 4.78 is 0. The van der Waals surface area contributed by atoms with Gasteiger partial charge in [-0.1, -0.05) is 93.6 Å². The zero-order chi connectivity index (χ0) is 29.3. The van der Waals surface area contributed by atoms with Gasteiger partial charge in [0, 0.05) is 48.6 Å². The molecule has 0 saturated carbocycles. The fourth-order valence-electron chi connectivity index (χ4n) is 6.26. The first kappa shape index (κ1) is 32.4. The molecule has 1 aromatic heterocycles. The Hall–Kier alpha value is -2.50. The second-order valence-electron chi connectivity index (χ2n) is 11.6. The van der Waals surface area contributed by atoms with Crippen LogP contribution >= 0.6 is 11.8 Å². The number of nitrogens with zero attached hydrogens (tertiary/aromatic N) is 1. The smallest absolute Gasteiger partial charge is 0.162 e. The SMILES string of the molecule is CCC(CC)C(=O)/C=C(\O)C(CC)CC.C[Si]1(C)c2cc[c-]c3c2-c2c(cccc21)Sc1cc2ccccc2nc1-3.[Ir]. The number of carbonyl (C=O) groups excluding carboxylic acids is 1. The number of pyridine rings is 1. The van der Waals surface area contributed by atoms with Crippen LogP contribution in [0.25, 0.3) is 33.3 Å². The molecule has 1 radical (unpaired) electrons. The fraction of sp³-hybridized carbons (Fsp3) is 0.333. The molecule has 0 fully saturated rings. The van der Waals surface area contributed by atoms with Gasteiger partial charge in [-0.2, -0.15) is 0 Å². The maximum atomic E-state index is 11.7. The van der Waals surface area contributed by atoms with E-state index in [-0.39, 0.29) is 43.5 Å². The number of rotatable bonds is 7. The Balaban J connectivity index is 0.000000221. The molecular formula is C36H40IrNO2SSi-. The molecule has 3 heterocycles. The van der Waals surface area contributed by atoms with E-state index in [9.17, 15) is 9.90 Å². The summed E-state index contributed by atoms with van der Waals surface area (Å²) in [5.74, 6) is 0.547. The first-order chi connectivity index (χ1) is 19.7. The Bertz CT molecular complexity index is 1640. The maximum absolute atomic E-state index is 11.7. The molecule has 6 heteroatoms. The molecule has 0 aliphatic carbocycles. The number of allylic oxidation sites excluding steroid dienone is 2. The number of fused-ring (bicyclic) bond motifs is 3. The van der Waals surface area contributed by atoms with Gasteiger partial charge in [0.25, 0.3) is 0 Å². The molecule has 0 amide bonds. The molecule has 1 N–H and O–H groups in total. The Kier molecular flexibility index (Phi) is 10.4. The van der Waals surface area contributed by atoms with Gasteiger partial charge in [-0.25, -0.2) is 0 Å². The first-order valence-corrected chi connectivity index (χ1v) is 18.8. The third-order valence-electron chi connectivity index (χ3n) is 8.85. The van der Waals surface area contributed by atoms with Crippen molar-refractivity contribution in [3.8, 4) is 22.4 Å². The van der Waals surface area contributed by atoms with Crippen LogP contribution in [0.3, 0.4) is 0 Å². The van der Waals surface area contributed by atoms with E-state index in [0.29, 0.717) is 0 Å². The molecule has 42 heavy (non-hydrogen) atoms. The largest absolute Gasteiger partial charge is 0.512 e. The molecule has 3 nitrogen and oxygen atoms in total. The number of aliphatic hydroxyl groups excluding tert-OH is 1. The van der Waals surface area contributed by atoms with Crippen molar-refractivity contribution in [1.29, 1.82) is 0 Å². The molecule has 0 unspecified atom stereocenters. The number of aromatic nitrogens is 1. The van der Waals surface area contributed by atoms with Gasteiger partial charge >= 0.3 is 0 Å². The Morgan fingerprint density at radius 2 is 1.57 bits per heavy atom. The molecule has 4 aromatic rings. The number of para-hydroxylation sites is 1. The van der Waals surface area contributed by atoms with Crippen LogP contribution in [0.5, 0.6) is 0 Å². The molecule has 0 saturated heterocycles. The molecular weight excluding hydrogens is 731 g/mol. The molecule has 0 bridgehead atoms. The van der Waals surface area contributed by atoms with Gasteiger partial charge in [0.15, 0.2) is 5.78 Å². The van der Waals surface area contributed by atoms with Crippen LogP contribution in [-0.2, 0) is 24.9 Å². The molecule has 6 rings (SSSR count). The zero-order valence-corrected chi connectivity index (χ0v) is 29.6. The molecule has 0 spiro atoms. The molecule has 2 aliphatic heterocycles. The monoisotopic (exact) mass is 771 g/mol. The molecule has 0 atom stereocenters. The predicted octanol–water partition coefficient (Wildman–Crippen LogP) is 8.84. The van der Waals surface area contributed by atoms with Crippen LogP contribution in [0.15, 0.2) is 82.3 Å². The minimum atomic E-state index is -1.66. The summed E-state index contributed by atoms with van der Waals surface area (Å²) in [5, 5.41) is 14.0. The van der Waals surface area contributed by atoms with Crippen molar-refractivity contribution in [2.75, 3.05) is 0 Å². The second kappa shape index (κ2) is 13.4. The number of carbonyl (C=O) groups is 1. The first-order valence-electron chi connectivity index (χ1n) is 15.0. The van der Waals surface area contributed by atoms with Crippen molar-refractivity contribution < 1.29 is 30.0 Å². The van der Waals surface area contributed by atoms with Crippen molar-refractivity contribution >= 4 is 46.9 Å². The number of hydrogen-bond acceptors (Lipinski definition) is 4. The normalized spacial score (nSPS) is 14.0. The van der Waals surface area contributed by atoms with E-state index in [2.05, 4.69) is 79.8 Å².